The third-order valence-corrected chi connectivity index (χ3v) is 4.71. The molecule has 2 amide bonds. The lowest BCUT2D eigenvalue weighted by Gasteiger charge is -2.36. The van der Waals surface area contributed by atoms with E-state index in [9.17, 15) is 9.59 Å². The molecule has 8 nitrogen and oxygen atoms in total. The molecule has 0 spiro atoms. The Bertz CT molecular complexity index is 543. The van der Waals surface area contributed by atoms with Crippen molar-refractivity contribution >= 4 is 41.9 Å². The predicted molar refractivity (Wildman–Crippen MR) is 132 cm³/mol. The van der Waals surface area contributed by atoms with E-state index in [1.54, 1.807) is 4.90 Å². The van der Waals surface area contributed by atoms with Crippen LogP contribution >= 0.6 is 24.0 Å². The molecular formula is C21H42IN5O3. The van der Waals surface area contributed by atoms with Gasteiger partial charge in [0.2, 0.25) is 5.91 Å². The van der Waals surface area contributed by atoms with E-state index in [0.717, 1.165) is 44.9 Å². The van der Waals surface area contributed by atoms with Gasteiger partial charge in [0.1, 0.15) is 12.1 Å². The van der Waals surface area contributed by atoms with Crippen molar-refractivity contribution in [3.8, 4) is 0 Å². The van der Waals surface area contributed by atoms with Crippen LogP contribution in [0.5, 0.6) is 0 Å². The van der Waals surface area contributed by atoms with Crippen LogP contribution in [-0.2, 0) is 9.53 Å². The fourth-order valence-corrected chi connectivity index (χ4v) is 3.19. The first kappa shape index (κ1) is 28.7. The Morgan fingerprint density at radius 3 is 2.27 bits per heavy atom. The van der Waals surface area contributed by atoms with Gasteiger partial charge >= 0.3 is 6.09 Å². The van der Waals surface area contributed by atoms with E-state index in [-0.39, 0.29) is 42.5 Å². The highest BCUT2D eigenvalue weighted by atomic mass is 127. The topological polar surface area (TPSA) is 86.3 Å². The summed E-state index contributed by atoms with van der Waals surface area (Å²) in [5.41, 5.74) is -0.478. The number of amides is 2. The van der Waals surface area contributed by atoms with Crippen molar-refractivity contribution in [1.29, 1.82) is 0 Å². The summed E-state index contributed by atoms with van der Waals surface area (Å²) in [6.45, 7) is 16.4. The summed E-state index contributed by atoms with van der Waals surface area (Å²) in [6, 6.07) is 0. The summed E-state index contributed by atoms with van der Waals surface area (Å²) < 4.78 is 5.52. The molecule has 0 aromatic carbocycles. The number of carbonyl (C=O) groups excluding carboxylic acids is 2. The second kappa shape index (κ2) is 14.7. The Morgan fingerprint density at radius 1 is 1.13 bits per heavy atom. The third-order valence-electron chi connectivity index (χ3n) is 4.71. The molecule has 0 radical (unpaired) electrons. The third kappa shape index (κ3) is 11.2. The molecule has 1 heterocycles. The Kier molecular flexibility index (Phi) is 14.1. The van der Waals surface area contributed by atoms with Gasteiger partial charge in [0.25, 0.3) is 0 Å². The van der Waals surface area contributed by atoms with Crippen molar-refractivity contribution in [2.24, 2.45) is 10.9 Å². The number of guanidine groups is 1. The number of ether oxygens (including phenoxy) is 1. The van der Waals surface area contributed by atoms with Crippen LogP contribution in [0.15, 0.2) is 4.99 Å². The highest BCUT2D eigenvalue weighted by Gasteiger charge is 2.27. The summed E-state index contributed by atoms with van der Waals surface area (Å²) in [5, 5.41) is 6.14. The van der Waals surface area contributed by atoms with Crippen LogP contribution in [0.3, 0.4) is 0 Å². The number of hydrogen-bond donors (Lipinski definition) is 2. The van der Waals surface area contributed by atoms with Gasteiger partial charge in [-0.25, -0.2) is 9.79 Å². The minimum atomic E-state index is -0.478. The molecule has 0 bridgehead atoms. The van der Waals surface area contributed by atoms with Crippen LogP contribution in [0.25, 0.3) is 0 Å². The Labute approximate surface area is 199 Å². The van der Waals surface area contributed by atoms with Crippen LogP contribution in [0.2, 0.25) is 0 Å². The zero-order chi connectivity index (χ0) is 21.9. The molecule has 0 aromatic heterocycles. The van der Waals surface area contributed by atoms with E-state index < -0.39 is 5.60 Å². The quantitative estimate of drug-likeness (QED) is 0.282. The van der Waals surface area contributed by atoms with Gasteiger partial charge in [-0.15, -0.1) is 24.0 Å². The molecule has 0 atom stereocenters. The number of likely N-dealkylation sites (tertiary alicyclic amines) is 1. The van der Waals surface area contributed by atoms with E-state index in [4.69, 9.17) is 4.74 Å². The molecule has 0 unspecified atom stereocenters. The number of hydrogen-bond acceptors (Lipinski definition) is 4. The largest absolute Gasteiger partial charge is 0.444 e. The zero-order valence-corrected chi connectivity index (χ0v) is 22.0. The van der Waals surface area contributed by atoms with E-state index in [1.165, 1.54) is 0 Å². The van der Waals surface area contributed by atoms with Gasteiger partial charge in [0.15, 0.2) is 5.96 Å². The number of carbonyl (C=O) groups is 2. The molecule has 0 aromatic rings. The van der Waals surface area contributed by atoms with Gasteiger partial charge in [-0.1, -0.05) is 6.92 Å². The summed E-state index contributed by atoms with van der Waals surface area (Å²) in [7, 11) is 0. The molecule has 9 heteroatoms. The fourth-order valence-electron chi connectivity index (χ4n) is 3.19. The van der Waals surface area contributed by atoms with Crippen LogP contribution < -0.4 is 10.6 Å². The summed E-state index contributed by atoms with van der Waals surface area (Å²) >= 11 is 0. The molecule has 2 N–H and O–H groups in total. The minimum Gasteiger partial charge on any atom is -0.444 e. The number of nitrogens with zero attached hydrogens (tertiary/aromatic N) is 3. The zero-order valence-electron chi connectivity index (χ0n) is 19.6. The first-order valence-electron chi connectivity index (χ1n) is 11.0. The van der Waals surface area contributed by atoms with Gasteiger partial charge in [-0.05, 0) is 59.8 Å². The van der Waals surface area contributed by atoms with Gasteiger partial charge < -0.3 is 25.2 Å². The lowest BCUT2D eigenvalue weighted by Crippen LogP contribution is -2.48. The van der Waals surface area contributed by atoms with Gasteiger partial charge in [0, 0.05) is 39.3 Å². The van der Waals surface area contributed by atoms with Crippen molar-refractivity contribution in [3.05, 3.63) is 0 Å². The van der Waals surface area contributed by atoms with Crippen LogP contribution in [-0.4, -0.2) is 79.2 Å². The number of halogens is 1. The van der Waals surface area contributed by atoms with Crippen molar-refractivity contribution in [2.75, 3.05) is 45.8 Å². The monoisotopic (exact) mass is 539 g/mol. The highest BCUT2D eigenvalue weighted by Crippen LogP contribution is 2.20. The maximum atomic E-state index is 12.4. The summed E-state index contributed by atoms with van der Waals surface area (Å²) in [6.07, 6.45) is 2.63. The maximum absolute atomic E-state index is 12.4. The average Bonchev–Trinajstić information content (AvgIpc) is 2.66. The van der Waals surface area contributed by atoms with Gasteiger partial charge in [-0.3, -0.25) is 4.79 Å². The Morgan fingerprint density at radius 2 is 1.77 bits per heavy atom. The van der Waals surface area contributed by atoms with Gasteiger partial charge in [-0.2, -0.15) is 0 Å². The fraction of sp³-hybridized carbons (Fsp3) is 0.857. The number of aliphatic imine (C=N–C) groups is 1. The number of piperidine rings is 1. The van der Waals surface area contributed by atoms with Gasteiger partial charge in [0.05, 0.1) is 0 Å². The highest BCUT2D eigenvalue weighted by molar-refractivity contribution is 14.0. The van der Waals surface area contributed by atoms with Crippen molar-refractivity contribution in [2.45, 2.75) is 66.4 Å². The van der Waals surface area contributed by atoms with Crippen molar-refractivity contribution in [3.63, 3.8) is 0 Å². The van der Waals surface area contributed by atoms with E-state index in [0.29, 0.717) is 25.6 Å². The van der Waals surface area contributed by atoms with Crippen LogP contribution in [0.1, 0.15) is 60.8 Å². The second-order valence-electron chi connectivity index (χ2n) is 8.47. The smallest absolute Gasteiger partial charge is 0.410 e. The number of rotatable bonds is 8. The molecule has 1 aliphatic heterocycles. The minimum absolute atomic E-state index is 0. The SMILES string of the molecule is CCCNC(=O)CN=C(NCC)N1CCC(CN(CC)C(=O)OC(C)(C)C)CC1.I. The predicted octanol–water partition coefficient (Wildman–Crippen LogP) is 3.07. The average molecular weight is 540 g/mol. The molecule has 1 aliphatic rings. The standard InChI is InChI=1S/C21H41N5O3.HI/c1-7-12-23-18(27)15-24-19(22-8-2)26-13-10-17(11-14-26)16-25(9-3)20(28)29-21(4,5)6;/h17H,7-16H2,1-6H3,(H,22,24)(H,23,27);1H. The molecular weight excluding hydrogens is 497 g/mol. The Hall–Kier alpha value is -1.26. The first-order chi connectivity index (χ1) is 13.7. The van der Waals surface area contributed by atoms with Crippen molar-refractivity contribution < 1.29 is 14.3 Å². The second-order valence-corrected chi connectivity index (χ2v) is 8.47. The molecule has 30 heavy (non-hydrogen) atoms. The summed E-state index contributed by atoms with van der Waals surface area (Å²) in [5.74, 6) is 1.18. The summed E-state index contributed by atoms with van der Waals surface area (Å²) in [4.78, 5) is 32.7. The van der Waals surface area contributed by atoms with E-state index in [1.807, 2.05) is 41.5 Å². The molecule has 1 rings (SSSR count). The molecule has 1 saturated heterocycles. The van der Waals surface area contributed by atoms with E-state index >= 15 is 0 Å². The maximum Gasteiger partial charge on any atom is 0.410 e. The van der Waals surface area contributed by atoms with Crippen LogP contribution in [0.4, 0.5) is 4.79 Å². The molecule has 1 fully saturated rings. The lowest BCUT2D eigenvalue weighted by molar-refractivity contribution is -0.119. The van der Waals surface area contributed by atoms with Crippen LogP contribution in [0, 0.1) is 5.92 Å². The molecule has 0 aliphatic carbocycles. The Balaban J connectivity index is 0.00000841. The van der Waals surface area contributed by atoms with Crippen molar-refractivity contribution in [1.82, 2.24) is 20.4 Å². The number of nitrogens with one attached hydrogen (secondary N) is 2. The normalized spacial score (nSPS) is 15.3. The van der Waals surface area contributed by atoms with E-state index in [2.05, 4.69) is 20.5 Å². The molecule has 0 saturated carbocycles. The molecule has 176 valence electrons. The first-order valence-corrected chi connectivity index (χ1v) is 11.0. The lowest BCUT2D eigenvalue weighted by atomic mass is 9.96.